The van der Waals surface area contributed by atoms with Crippen molar-refractivity contribution in [3.8, 4) is 17.2 Å². The molecule has 0 aliphatic carbocycles. The van der Waals surface area contributed by atoms with Gasteiger partial charge >= 0.3 is 5.97 Å². The molecule has 0 bridgehead atoms. The number of hydrogen-bond acceptors (Lipinski definition) is 6. The average Bonchev–Trinajstić information content (AvgIpc) is 2.68. The van der Waals surface area contributed by atoms with Gasteiger partial charge in [-0.2, -0.15) is 0 Å². The normalized spacial score (nSPS) is 10.4. The molecule has 0 unspecified atom stereocenters. The van der Waals surface area contributed by atoms with Crippen LogP contribution in [0.15, 0.2) is 66.7 Å². The van der Waals surface area contributed by atoms with Crippen molar-refractivity contribution in [2.24, 2.45) is 5.73 Å². The summed E-state index contributed by atoms with van der Waals surface area (Å²) in [4.78, 5) is 24.8. The minimum atomic E-state index is -0.595. The molecule has 3 aromatic carbocycles. The third kappa shape index (κ3) is 4.13. The zero-order chi connectivity index (χ0) is 19.4. The smallest absolute Gasteiger partial charge is 0.343 e. The number of esters is 1. The molecule has 0 spiro atoms. The van der Waals surface area contributed by atoms with E-state index >= 15 is 0 Å². The Labute approximate surface area is 155 Å². The second kappa shape index (κ2) is 7.72. The zero-order valence-electron chi connectivity index (χ0n) is 14.3. The number of ketones is 1. The van der Waals surface area contributed by atoms with E-state index in [9.17, 15) is 19.8 Å². The van der Waals surface area contributed by atoms with E-state index in [1.165, 1.54) is 54.6 Å². The van der Waals surface area contributed by atoms with Gasteiger partial charge in [0, 0.05) is 23.2 Å². The van der Waals surface area contributed by atoms with Crippen LogP contribution in [0.1, 0.15) is 31.8 Å². The molecule has 0 aromatic heterocycles. The molecular formula is C21H17NO5. The molecule has 0 atom stereocenters. The van der Waals surface area contributed by atoms with Crippen LogP contribution in [0.25, 0.3) is 0 Å². The van der Waals surface area contributed by atoms with Crippen LogP contribution in [0.2, 0.25) is 0 Å². The van der Waals surface area contributed by atoms with E-state index in [0.29, 0.717) is 16.7 Å². The second-order valence-corrected chi connectivity index (χ2v) is 5.84. The van der Waals surface area contributed by atoms with Crippen LogP contribution in [-0.4, -0.2) is 22.0 Å². The number of carbonyl (C=O) groups excluding carboxylic acids is 2. The third-order valence-corrected chi connectivity index (χ3v) is 3.98. The molecule has 136 valence electrons. The van der Waals surface area contributed by atoms with Crippen LogP contribution in [0.4, 0.5) is 0 Å². The lowest BCUT2D eigenvalue weighted by molar-refractivity contribution is 0.0733. The lowest BCUT2D eigenvalue weighted by Crippen LogP contribution is -2.12. The Morgan fingerprint density at radius 1 is 0.778 bits per heavy atom. The number of rotatable bonds is 5. The van der Waals surface area contributed by atoms with Crippen molar-refractivity contribution in [1.82, 2.24) is 0 Å². The number of ether oxygens (including phenoxy) is 1. The summed E-state index contributed by atoms with van der Waals surface area (Å²) in [6.07, 6.45) is 0. The molecule has 0 saturated heterocycles. The van der Waals surface area contributed by atoms with Crippen LogP contribution in [0, 0.1) is 0 Å². The van der Waals surface area contributed by atoms with Gasteiger partial charge in [0.25, 0.3) is 0 Å². The fourth-order valence-electron chi connectivity index (χ4n) is 2.52. The summed E-state index contributed by atoms with van der Waals surface area (Å²) in [6, 6.07) is 16.2. The van der Waals surface area contributed by atoms with Crippen LogP contribution in [0.3, 0.4) is 0 Å². The van der Waals surface area contributed by atoms with Crippen molar-refractivity contribution in [1.29, 1.82) is 0 Å². The highest BCUT2D eigenvalue weighted by Gasteiger charge is 2.15. The lowest BCUT2D eigenvalue weighted by atomic mass is 10.0. The molecule has 3 aromatic rings. The maximum atomic E-state index is 12.6. The molecule has 3 rings (SSSR count). The van der Waals surface area contributed by atoms with Gasteiger partial charge in [-0.25, -0.2) is 4.79 Å². The first-order chi connectivity index (χ1) is 13.0. The summed E-state index contributed by atoms with van der Waals surface area (Å²) in [5.74, 6) is -0.446. The van der Waals surface area contributed by atoms with Gasteiger partial charge in [-0.15, -0.1) is 0 Å². The first kappa shape index (κ1) is 18.2. The Morgan fingerprint density at radius 3 is 1.85 bits per heavy atom. The Morgan fingerprint density at radius 2 is 1.30 bits per heavy atom. The molecule has 0 radical (unpaired) electrons. The first-order valence-electron chi connectivity index (χ1n) is 8.16. The lowest BCUT2D eigenvalue weighted by Gasteiger charge is -2.11. The molecule has 0 aliphatic heterocycles. The minimum Gasteiger partial charge on any atom is -0.508 e. The van der Waals surface area contributed by atoms with Crippen molar-refractivity contribution in [3.05, 3.63) is 89.0 Å². The van der Waals surface area contributed by atoms with Crippen LogP contribution in [-0.2, 0) is 6.54 Å². The molecule has 6 nitrogen and oxygen atoms in total. The number of aromatic hydroxyl groups is 2. The summed E-state index contributed by atoms with van der Waals surface area (Å²) in [5, 5.41) is 18.6. The summed E-state index contributed by atoms with van der Waals surface area (Å²) in [6.45, 7) is 0.0783. The summed E-state index contributed by atoms with van der Waals surface area (Å²) in [5.41, 5.74) is 7.34. The van der Waals surface area contributed by atoms with Crippen molar-refractivity contribution < 1.29 is 24.5 Å². The largest absolute Gasteiger partial charge is 0.508 e. The monoisotopic (exact) mass is 363 g/mol. The Hall–Kier alpha value is -3.64. The molecule has 0 amide bonds. The maximum Gasteiger partial charge on any atom is 0.343 e. The minimum absolute atomic E-state index is 0.0475. The van der Waals surface area contributed by atoms with Crippen LogP contribution in [0.5, 0.6) is 17.2 Å². The Balaban J connectivity index is 1.83. The molecule has 4 N–H and O–H groups in total. The van der Waals surface area contributed by atoms with Crippen molar-refractivity contribution >= 4 is 11.8 Å². The van der Waals surface area contributed by atoms with E-state index in [2.05, 4.69) is 0 Å². The Kier molecular flexibility index (Phi) is 5.19. The van der Waals surface area contributed by atoms with Gasteiger partial charge in [-0.05, 0) is 66.7 Å². The highest BCUT2D eigenvalue weighted by Crippen LogP contribution is 2.23. The van der Waals surface area contributed by atoms with Gasteiger partial charge in [-0.1, -0.05) is 0 Å². The zero-order valence-corrected chi connectivity index (χ0v) is 14.3. The fraction of sp³-hybridized carbons (Fsp3) is 0.0476. The van der Waals surface area contributed by atoms with Crippen molar-refractivity contribution in [2.45, 2.75) is 6.54 Å². The topological polar surface area (TPSA) is 110 Å². The molecule has 6 heteroatoms. The summed E-state index contributed by atoms with van der Waals surface area (Å²) >= 11 is 0. The number of carbonyl (C=O) groups is 2. The molecule has 0 saturated carbocycles. The van der Waals surface area contributed by atoms with Gasteiger partial charge in [-0.3, -0.25) is 4.79 Å². The molecule has 0 heterocycles. The van der Waals surface area contributed by atoms with Gasteiger partial charge < -0.3 is 20.7 Å². The van der Waals surface area contributed by atoms with E-state index in [4.69, 9.17) is 10.5 Å². The molecule has 0 aliphatic rings. The quantitative estimate of drug-likeness (QED) is 0.365. The van der Waals surface area contributed by atoms with Crippen LogP contribution < -0.4 is 10.5 Å². The van der Waals surface area contributed by atoms with E-state index in [1.54, 1.807) is 12.1 Å². The third-order valence-electron chi connectivity index (χ3n) is 3.98. The molecule has 0 fully saturated rings. The predicted octanol–water partition coefficient (Wildman–Crippen LogP) is 3.01. The summed E-state index contributed by atoms with van der Waals surface area (Å²) < 4.78 is 5.37. The molecular weight excluding hydrogens is 346 g/mol. The predicted molar refractivity (Wildman–Crippen MR) is 98.9 cm³/mol. The fourth-order valence-corrected chi connectivity index (χ4v) is 2.52. The molecule has 27 heavy (non-hydrogen) atoms. The first-order valence-corrected chi connectivity index (χ1v) is 8.16. The van der Waals surface area contributed by atoms with Gasteiger partial charge in [0.1, 0.15) is 17.2 Å². The van der Waals surface area contributed by atoms with Gasteiger partial charge in [0.15, 0.2) is 5.78 Å². The Bertz CT molecular complexity index is 978. The van der Waals surface area contributed by atoms with Gasteiger partial charge in [0.2, 0.25) is 0 Å². The number of phenolic OH excluding ortho intramolecular Hbond substituents is 2. The number of phenols is 2. The number of benzene rings is 3. The second-order valence-electron chi connectivity index (χ2n) is 5.84. The van der Waals surface area contributed by atoms with Crippen LogP contribution >= 0.6 is 0 Å². The van der Waals surface area contributed by atoms with E-state index in [0.717, 1.165) is 0 Å². The highest BCUT2D eigenvalue weighted by atomic mass is 16.5. The SMILES string of the molecule is NCc1cc(C(=O)c2ccc(O)cc2)ccc1OC(=O)c1ccc(O)cc1. The van der Waals surface area contributed by atoms with Crippen molar-refractivity contribution in [3.63, 3.8) is 0 Å². The number of nitrogens with two attached hydrogens (primary N) is 1. The number of hydrogen-bond donors (Lipinski definition) is 3. The van der Waals surface area contributed by atoms with Gasteiger partial charge in [0.05, 0.1) is 5.56 Å². The van der Waals surface area contributed by atoms with E-state index < -0.39 is 5.97 Å². The van der Waals surface area contributed by atoms with E-state index in [1.807, 2.05) is 0 Å². The average molecular weight is 363 g/mol. The highest BCUT2D eigenvalue weighted by molar-refractivity contribution is 6.09. The van der Waals surface area contributed by atoms with E-state index in [-0.39, 0.29) is 35.1 Å². The maximum absolute atomic E-state index is 12.6. The standard InChI is InChI=1S/C21H17NO5/c22-12-16-11-15(20(25)13-1-6-17(23)7-2-13)5-10-19(16)27-21(26)14-3-8-18(24)9-4-14/h1-11,23-24H,12,22H2. The summed E-state index contributed by atoms with van der Waals surface area (Å²) in [7, 11) is 0. The van der Waals surface area contributed by atoms with Crippen molar-refractivity contribution in [2.75, 3.05) is 0 Å².